The highest BCUT2D eigenvalue weighted by Gasteiger charge is 2.26. The number of alkyl halides is 1. The molecular weight excluding hydrogens is 369 g/mol. The molecule has 0 saturated heterocycles. The van der Waals surface area contributed by atoms with Gasteiger partial charge in [-0.2, -0.15) is 0 Å². The second-order valence-electron chi connectivity index (χ2n) is 5.52. The van der Waals surface area contributed by atoms with Crippen molar-refractivity contribution >= 4 is 44.8 Å². The molecule has 0 aliphatic carbocycles. The van der Waals surface area contributed by atoms with Gasteiger partial charge in [0.25, 0.3) is 0 Å². The van der Waals surface area contributed by atoms with E-state index in [4.69, 9.17) is 27.9 Å². The summed E-state index contributed by atoms with van der Waals surface area (Å²) in [5, 5.41) is 12.1. The average molecular weight is 385 g/mol. The van der Waals surface area contributed by atoms with Crippen LogP contribution in [0.15, 0.2) is 12.1 Å². The molecule has 0 N–H and O–H groups in total. The Bertz CT molecular complexity index is 503. The molecule has 7 heteroatoms. The van der Waals surface area contributed by atoms with E-state index in [1.54, 1.807) is 0 Å². The van der Waals surface area contributed by atoms with Gasteiger partial charge in [0.2, 0.25) is 0 Å². The second-order valence-corrected chi connectivity index (χ2v) is 6.98. The van der Waals surface area contributed by atoms with Gasteiger partial charge < -0.3 is 4.74 Å². The van der Waals surface area contributed by atoms with Crippen LogP contribution in [-0.2, 0) is 0 Å². The van der Waals surface area contributed by atoms with E-state index in [0.29, 0.717) is 6.61 Å². The Balaban J connectivity index is 2.97. The summed E-state index contributed by atoms with van der Waals surface area (Å²) in [5.41, 5.74) is -0.157. The molecule has 1 rings (SSSR count). The first kappa shape index (κ1) is 17.5. The van der Waals surface area contributed by atoms with E-state index in [-0.39, 0.29) is 32.8 Å². The minimum absolute atomic E-state index is 0.0223. The van der Waals surface area contributed by atoms with Crippen LogP contribution in [0.2, 0.25) is 10.0 Å². The fourth-order valence-electron chi connectivity index (χ4n) is 1.49. The highest BCUT2D eigenvalue weighted by molar-refractivity contribution is 9.09. The highest BCUT2D eigenvalue weighted by atomic mass is 79.9. The van der Waals surface area contributed by atoms with Gasteiger partial charge in [-0.05, 0) is 5.41 Å². The Morgan fingerprint density at radius 1 is 1.35 bits per heavy atom. The molecule has 0 bridgehead atoms. The summed E-state index contributed by atoms with van der Waals surface area (Å²) >= 11 is 15.1. The van der Waals surface area contributed by atoms with Gasteiger partial charge >= 0.3 is 5.69 Å². The van der Waals surface area contributed by atoms with Crippen molar-refractivity contribution in [3.8, 4) is 5.75 Å². The summed E-state index contributed by atoms with van der Waals surface area (Å²) in [6.45, 7) is 6.62. The summed E-state index contributed by atoms with van der Waals surface area (Å²) in [6, 6.07) is 2.59. The normalized spacial score (nSPS) is 13.1. The van der Waals surface area contributed by atoms with Crippen LogP contribution in [0.25, 0.3) is 0 Å². The maximum absolute atomic E-state index is 11.0. The second kappa shape index (κ2) is 6.96. The van der Waals surface area contributed by atoms with Crippen LogP contribution in [0, 0.1) is 21.4 Å². The molecule has 1 aromatic rings. The summed E-state index contributed by atoms with van der Waals surface area (Å²) < 4.78 is 5.60. The molecule has 0 aliphatic rings. The quantitative estimate of drug-likeness (QED) is 0.391. The number of halogens is 3. The molecule has 4 nitrogen and oxygen atoms in total. The van der Waals surface area contributed by atoms with Gasteiger partial charge in [0.15, 0.2) is 5.75 Å². The van der Waals surface area contributed by atoms with E-state index in [1.165, 1.54) is 12.1 Å². The van der Waals surface area contributed by atoms with Gasteiger partial charge in [-0.1, -0.05) is 59.9 Å². The standard InChI is InChI=1S/C13H16BrCl2NO3/c1-13(2,3)8(6-14)7-20-12-5-10(16)9(15)4-11(12)17(18)19/h4-5,8H,6-7H2,1-3H3. The number of nitro groups is 1. The third-order valence-electron chi connectivity index (χ3n) is 3.05. The van der Waals surface area contributed by atoms with Crippen LogP contribution in [-0.4, -0.2) is 16.9 Å². The predicted octanol–water partition coefficient (Wildman–Crippen LogP) is 5.34. The zero-order valence-corrected chi connectivity index (χ0v) is 14.5. The molecule has 0 saturated carbocycles. The molecule has 0 aliphatic heterocycles. The first-order valence-electron chi connectivity index (χ1n) is 5.99. The van der Waals surface area contributed by atoms with E-state index >= 15 is 0 Å². The fourth-order valence-corrected chi connectivity index (χ4v) is 2.96. The van der Waals surface area contributed by atoms with Crippen molar-refractivity contribution in [2.75, 3.05) is 11.9 Å². The Hall–Kier alpha value is -0.520. The van der Waals surface area contributed by atoms with Crippen LogP contribution in [0.3, 0.4) is 0 Å². The molecule has 1 aromatic carbocycles. The van der Waals surface area contributed by atoms with Crippen LogP contribution < -0.4 is 4.74 Å². The molecule has 20 heavy (non-hydrogen) atoms. The Labute approximate surface area is 136 Å². The van der Waals surface area contributed by atoms with Crippen LogP contribution >= 0.6 is 39.1 Å². The van der Waals surface area contributed by atoms with Crippen molar-refractivity contribution in [1.29, 1.82) is 0 Å². The van der Waals surface area contributed by atoms with Crippen LogP contribution in [0.1, 0.15) is 20.8 Å². The summed E-state index contributed by atoms with van der Waals surface area (Å²) in [7, 11) is 0. The van der Waals surface area contributed by atoms with Crippen LogP contribution in [0.5, 0.6) is 5.75 Å². The molecule has 1 unspecified atom stereocenters. The lowest BCUT2D eigenvalue weighted by Crippen LogP contribution is -2.28. The minimum Gasteiger partial charge on any atom is -0.486 e. The zero-order chi connectivity index (χ0) is 15.5. The van der Waals surface area contributed by atoms with Crippen molar-refractivity contribution in [1.82, 2.24) is 0 Å². The first-order valence-corrected chi connectivity index (χ1v) is 7.86. The molecule has 0 amide bonds. The van der Waals surface area contributed by atoms with E-state index in [9.17, 15) is 10.1 Å². The van der Waals surface area contributed by atoms with Gasteiger partial charge in [0.05, 0.1) is 21.6 Å². The number of rotatable bonds is 5. The number of ether oxygens (including phenoxy) is 1. The van der Waals surface area contributed by atoms with Gasteiger partial charge in [0.1, 0.15) is 0 Å². The predicted molar refractivity (Wildman–Crippen MR) is 85.4 cm³/mol. The van der Waals surface area contributed by atoms with Gasteiger partial charge in [-0.3, -0.25) is 10.1 Å². The molecule has 0 heterocycles. The molecule has 0 spiro atoms. The molecular formula is C13H16BrCl2NO3. The summed E-state index contributed by atoms with van der Waals surface area (Å²) in [4.78, 5) is 10.5. The van der Waals surface area contributed by atoms with E-state index in [0.717, 1.165) is 5.33 Å². The topological polar surface area (TPSA) is 52.4 Å². The summed E-state index contributed by atoms with van der Waals surface area (Å²) in [5.74, 6) is 0.344. The molecule has 0 fully saturated rings. The lowest BCUT2D eigenvalue weighted by molar-refractivity contribution is -0.385. The summed E-state index contributed by atoms with van der Waals surface area (Å²) in [6.07, 6.45) is 0. The third-order valence-corrected chi connectivity index (χ3v) is 4.55. The van der Waals surface area contributed by atoms with Gasteiger partial charge in [-0.25, -0.2) is 0 Å². The zero-order valence-electron chi connectivity index (χ0n) is 11.5. The molecule has 112 valence electrons. The third kappa shape index (κ3) is 4.50. The Kier molecular flexibility index (Phi) is 6.10. The lowest BCUT2D eigenvalue weighted by Gasteiger charge is -2.28. The van der Waals surface area contributed by atoms with Gasteiger partial charge in [0, 0.05) is 23.4 Å². The molecule has 1 atom stereocenters. The van der Waals surface area contributed by atoms with Crippen molar-refractivity contribution < 1.29 is 9.66 Å². The van der Waals surface area contributed by atoms with Crippen LogP contribution in [0.4, 0.5) is 5.69 Å². The fraction of sp³-hybridized carbons (Fsp3) is 0.538. The molecule has 0 radical (unpaired) electrons. The first-order chi connectivity index (χ1) is 9.16. The average Bonchev–Trinajstić information content (AvgIpc) is 2.31. The van der Waals surface area contributed by atoms with Gasteiger partial charge in [-0.15, -0.1) is 0 Å². The van der Waals surface area contributed by atoms with E-state index in [1.807, 2.05) is 0 Å². The maximum Gasteiger partial charge on any atom is 0.312 e. The number of nitrogens with zero attached hydrogens (tertiary/aromatic N) is 1. The SMILES string of the molecule is CC(C)(C)C(CBr)COc1cc(Cl)c(Cl)cc1[N+](=O)[O-]. The number of hydrogen-bond donors (Lipinski definition) is 0. The number of hydrogen-bond acceptors (Lipinski definition) is 3. The minimum atomic E-state index is -0.530. The Morgan fingerprint density at radius 2 is 1.90 bits per heavy atom. The van der Waals surface area contributed by atoms with Crippen molar-refractivity contribution in [3.63, 3.8) is 0 Å². The van der Waals surface area contributed by atoms with Crippen molar-refractivity contribution in [3.05, 3.63) is 32.3 Å². The highest BCUT2D eigenvalue weighted by Crippen LogP contribution is 2.37. The van der Waals surface area contributed by atoms with E-state index in [2.05, 4.69) is 36.7 Å². The lowest BCUT2D eigenvalue weighted by atomic mass is 9.83. The maximum atomic E-state index is 11.0. The number of benzene rings is 1. The Morgan fingerprint density at radius 3 is 2.35 bits per heavy atom. The smallest absolute Gasteiger partial charge is 0.312 e. The van der Waals surface area contributed by atoms with Crippen molar-refractivity contribution in [2.24, 2.45) is 11.3 Å². The van der Waals surface area contributed by atoms with Crippen molar-refractivity contribution in [2.45, 2.75) is 20.8 Å². The largest absolute Gasteiger partial charge is 0.486 e. The van der Waals surface area contributed by atoms with E-state index < -0.39 is 4.92 Å². The molecule has 0 aromatic heterocycles. The monoisotopic (exact) mass is 383 g/mol. The number of nitro benzene ring substituents is 1.